The molecule has 0 amide bonds. The molecule has 0 spiro atoms. The van der Waals surface area contributed by atoms with E-state index in [1.807, 2.05) is 15.8 Å². The number of benzene rings is 1. The molecule has 0 saturated carbocycles. The second-order valence-corrected chi connectivity index (χ2v) is 7.83. The molecule has 0 aliphatic carbocycles. The van der Waals surface area contributed by atoms with Crippen LogP contribution in [0, 0.1) is 17.6 Å². The second kappa shape index (κ2) is 7.46. The van der Waals surface area contributed by atoms with Crippen LogP contribution in [0.25, 0.3) is 17.0 Å². The molecular formula is C22H25F2N5. The molecule has 2 atom stereocenters. The van der Waals surface area contributed by atoms with Crippen LogP contribution in [0.1, 0.15) is 44.2 Å². The van der Waals surface area contributed by atoms with E-state index >= 15 is 0 Å². The number of nitrogens with zero attached hydrogens (tertiary/aromatic N) is 4. The summed E-state index contributed by atoms with van der Waals surface area (Å²) in [5.41, 5.74) is 3.04. The Labute approximate surface area is 169 Å². The van der Waals surface area contributed by atoms with Gasteiger partial charge < -0.3 is 4.90 Å². The van der Waals surface area contributed by atoms with Crippen LogP contribution in [0.5, 0.6) is 0 Å². The van der Waals surface area contributed by atoms with Crippen molar-refractivity contribution < 1.29 is 8.78 Å². The molecule has 152 valence electrons. The average Bonchev–Trinajstić information content (AvgIpc) is 3.33. The number of rotatable bonds is 5. The van der Waals surface area contributed by atoms with Gasteiger partial charge in [-0.1, -0.05) is 33.4 Å². The summed E-state index contributed by atoms with van der Waals surface area (Å²) in [6, 6.07) is 3.87. The van der Waals surface area contributed by atoms with Gasteiger partial charge >= 0.3 is 0 Å². The van der Waals surface area contributed by atoms with Gasteiger partial charge in [0, 0.05) is 24.4 Å². The van der Waals surface area contributed by atoms with Gasteiger partial charge in [0.25, 0.3) is 0 Å². The van der Waals surface area contributed by atoms with E-state index in [2.05, 4.69) is 42.6 Å². The summed E-state index contributed by atoms with van der Waals surface area (Å²) in [4.78, 5) is 1.87. The highest BCUT2D eigenvalue weighted by Gasteiger charge is 2.31. The van der Waals surface area contributed by atoms with Gasteiger partial charge in [-0.3, -0.25) is 5.10 Å². The monoisotopic (exact) mass is 397 g/mol. The highest BCUT2D eigenvalue weighted by molar-refractivity contribution is 5.86. The van der Waals surface area contributed by atoms with Gasteiger partial charge in [0.05, 0.1) is 29.2 Å². The third-order valence-corrected chi connectivity index (χ3v) is 5.70. The van der Waals surface area contributed by atoms with E-state index in [0.29, 0.717) is 18.2 Å². The number of aromatic nitrogens is 4. The lowest BCUT2D eigenvalue weighted by Gasteiger charge is -2.35. The molecule has 2 aromatic heterocycles. The summed E-state index contributed by atoms with van der Waals surface area (Å²) < 4.78 is 30.8. The highest BCUT2D eigenvalue weighted by atomic mass is 19.1. The van der Waals surface area contributed by atoms with Crippen LogP contribution < -0.4 is 4.90 Å². The highest BCUT2D eigenvalue weighted by Crippen LogP contribution is 2.41. The Morgan fingerprint density at radius 3 is 2.69 bits per heavy atom. The maximum atomic E-state index is 14.5. The zero-order valence-corrected chi connectivity index (χ0v) is 16.9. The fraction of sp³-hybridized carbons (Fsp3) is 0.364. The Morgan fingerprint density at radius 1 is 1.28 bits per heavy atom. The average molecular weight is 397 g/mol. The van der Waals surface area contributed by atoms with Crippen molar-refractivity contribution in [3.05, 3.63) is 59.9 Å². The summed E-state index contributed by atoms with van der Waals surface area (Å²) >= 11 is 0. The molecule has 4 rings (SSSR count). The normalized spacial score (nSPS) is 17.3. The maximum absolute atomic E-state index is 14.5. The van der Waals surface area contributed by atoms with Crippen molar-refractivity contribution in [2.24, 2.45) is 5.92 Å². The van der Waals surface area contributed by atoms with Crippen LogP contribution in [0.15, 0.2) is 37.2 Å². The SMILES string of the molecule is C=C(c1c(F)cccc1F)N1C[C@H](C)Cn2ncc(-c3[nH]ncc3C(C)CC)c21. The van der Waals surface area contributed by atoms with Gasteiger partial charge in [-0.15, -0.1) is 0 Å². The molecule has 1 aromatic carbocycles. The Balaban J connectivity index is 1.84. The van der Waals surface area contributed by atoms with Crippen LogP contribution in [0.2, 0.25) is 0 Å². The first-order valence-corrected chi connectivity index (χ1v) is 9.92. The molecular weight excluding hydrogens is 372 g/mol. The van der Waals surface area contributed by atoms with Crippen molar-refractivity contribution in [3.63, 3.8) is 0 Å². The zero-order valence-electron chi connectivity index (χ0n) is 16.9. The Hall–Kier alpha value is -2.96. The fourth-order valence-corrected chi connectivity index (χ4v) is 3.98. The molecule has 1 unspecified atom stereocenters. The standard InChI is InChI=1S/C22H25F2N5/c1-5-14(3)16-9-25-27-21(16)17-10-26-29-12-13(2)11-28(22(17)29)15(4)20-18(23)7-6-8-19(20)24/h6-10,13-14H,4-5,11-12H2,1-3H3,(H,25,27)/t13-,14?/m0/s1. The molecule has 1 aliphatic rings. The number of hydrogen-bond acceptors (Lipinski definition) is 3. The molecule has 29 heavy (non-hydrogen) atoms. The molecule has 3 aromatic rings. The third-order valence-electron chi connectivity index (χ3n) is 5.70. The number of aromatic amines is 1. The summed E-state index contributed by atoms with van der Waals surface area (Å²) in [6.07, 6.45) is 4.61. The van der Waals surface area contributed by atoms with Crippen molar-refractivity contribution >= 4 is 11.5 Å². The molecule has 3 heterocycles. The fourth-order valence-electron chi connectivity index (χ4n) is 3.98. The lowest BCUT2D eigenvalue weighted by atomic mass is 9.96. The van der Waals surface area contributed by atoms with E-state index in [1.165, 1.54) is 18.2 Å². The molecule has 5 nitrogen and oxygen atoms in total. The Morgan fingerprint density at radius 2 is 2.00 bits per heavy atom. The number of H-pyrrole nitrogens is 1. The summed E-state index contributed by atoms with van der Waals surface area (Å²) in [6.45, 7) is 11.7. The van der Waals surface area contributed by atoms with E-state index in [-0.39, 0.29) is 11.5 Å². The van der Waals surface area contributed by atoms with Gasteiger partial charge in [-0.25, -0.2) is 13.5 Å². The largest absolute Gasteiger partial charge is 0.325 e. The smallest absolute Gasteiger partial charge is 0.140 e. The van der Waals surface area contributed by atoms with Gasteiger partial charge in [0.2, 0.25) is 0 Å². The van der Waals surface area contributed by atoms with Crippen LogP contribution in [0.4, 0.5) is 14.6 Å². The van der Waals surface area contributed by atoms with Crippen LogP contribution in [-0.2, 0) is 6.54 Å². The zero-order chi connectivity index (χ0) is 20.7. The molecule has 0 radical (unpaired) electrons. The number of halogens is 2. The number of anilines is 1. The number of hydrogen-bond donors (Lipinski definition) is 1. The lowest BCUT2D eigenvalue weighted by Crippen LogP contribution is -2.36. The van der Waals surface area contributed by atoms with E-state index in [9.17, 15) is 8.78 Å². The summed E-state index contributed by atoms with van der Waals surface area (Å²) in [5, 5.41) is 11.9. The van der Waals surface area contributed by atoms with Crippen molar-refractivity contribution in [1.82, 2.24) is 20.0 Å². The van der Waals surface area contributed by atoms with Crippen molar-refractivity contribution in [2.45, 2.75) is 39.7 Å². The van der Waals surface area contributed by atoms with Crippen LogP contribution in [0.3, 0.4) is 0 Å². The second-order valence-electron chi connectivity index (χ2n) is 7.83. The molecule has 0 fully saturated rings. The van der Waals surface area contributed by atoms with Crippen molar-refractivity contribution in [3.8, 4) is 11.3 Å². The number of fused-ring (bicyclic) bond motifs is 1. The van der Waals surface area contributed by atoms with E-state index in [0.717, 1.165) is 35.6 Å². The first-order valence-electron chi connectivity index (χ1n) is 9.92. The Kier molecular flexibility index (Phi) is 4.98. The topological polar surface area (TPSA) is 49.7 Å². The molecule has 7 heteroatoms. The van der Waals surface area contributed by atoms with E-state index < -0.39 is 11.6 Å². The van der Waals surface area contributed by atoms with Crippen molar-refractivity contribution in [1.29, 1.82) is 0 Å². The summed E-state index contributed by atoms with van der Waals surface area (Å²) in [5.74, 6) is 0.107. The van der Waals surface area contributed by atoms with E-state index in [4.69, 9.17) is 0 Å². The molecule has 1 N–H and O–H groups in total. The summed E-state index contributed by atoms with van der Waals surface area (Å²) in [7, 11) is 0. The van der Waals surface area contributed by atoms with Crippen LogP contribution >= 0.6 is 0 Å². The predicted molar refractivity (Wildman–Crippen MR) is 110 cm³/mol. The third kappa shape index (κ3) is 3.24. The quantitative estimate of drug-likeness (QED) is 0.644. The van der Waals surface area contributed by atoms with Gasteiger partial charge in [-0.05, 0) is 30.4 Å². The first-order chi connectivity index (χ1) is 13.9. The molecule has 0 saturated heterocycles. The minimum absolute atomic E-state index is 0.105. The molecule has 0 bridgehead atoms. The number of nitrogens with one attached hydrogen (secondary N) is 1. The molecule has 1 aliphatic heterocycles. The Bertz CT molecular complexity index is 1030. The first kappa shape index (κ1) is 19.4. The van der Waals surface area contributed by atoms with Gasteiger partial charge in [0.1, 0.15) is 17.5 Å². The minimum Gasteiger partial charge on any atom is -0.325 e. The van der Waals surface area contributed by atoms with Crippen molar-refractivity contribution in [2.75, 3.05) is 11.4 Å². The predicted octanol–water partition coefficient (Wildman–Crippen LogP) is 5.19. The van der Waals surface area contributed by atoms with E-state index in [1.54, 1.807) is 6.20 Å². The minimum atomic E-state index is -0.623. The maximum Gasteiger partial charge on any atom is 0.140 e. The van der Waals surface area contributed by atoms with Gasteiger partial charge in [0.15, 0.2) is 0 Å². The van der Waals surface area contributed by atoms with Crippen LogP contribution in [-0.4, -0.2) is 26.5 Å². The van der Waals surface area contributed by atoms with Gasteiger partial charge in [-0.2, -0.15) is 10.2 Å². The lowest BCUT2D eigenvalue weighted by molar-refractivity contribution is 0.424.